The molecule has 0 aliphatic rings. The van der Waals surface area contributed by atoms with Crippen LogP contribution in [0, 0.1) is 6.92 Å². The average Bonchev–Trinajstić information content (AvgIpc) is 2.90. The number of hydrogen-bond donors (Lipinski definition) is 1. The number of ketones is 2. The van der Waals surface area contributed by atoms with E-state index in [2.05, 4.69) is 4.98 Å². The van der Waals surface area contributed by atoms with Gasteiger partial charge in [0.15, 0.2) is 5.78 Å². The molecule has 0 saturated carbocycles. The van der Waals surface area contributed by atoms with Gasteiger partial charge in [-0.1, -0.05) is 29.8 Å². The van der Waals surface area contributed by atoms with E-state index in [9.17, 15) is 14.4 Å². The van der Waals surface area contributed by atoms with Crippen LogP contribution in [0.15, 0.2) is 29.6 Å². The van der Waals surface area contributed by atoms with Crippen LogP contribution >= 0.6 is 11.3 Å². The molecule has 0 unspecified atom stereocenters. The molecule has 0 radical (unpaired) electrons. The molecule has 0 spiro atoms. The highest BCUT2D eigenvalue weighted by atomic mass is 32.1. The average molecular weight is 303 g/mol. The lowest BCUT2D eigenvalue weighted by Gasteiger charge is -1.98. The molecule has 0 atom stereocenters. The van der Waals surface area contributed by atoms with Gasteiger partial charge in [0.05, 0.1) is 11.4 Å². The van der Waals surface area contributed by atoms with Gasteiger partial charge >= 0.3 is 5.97 Å². The van der Waals surface area contributed by atoms with Crippen LogP contribution in [0.2, 0.25) is 0 Å². The molecule has 1 aromatic heterocycles. The summed E-state index contributed by atoms with van der Waals surface area (Å²) >= 11 is 1.32. The molecule has 6 heteroatoms. The summed E-state index contributed by atoms with van der Waals surface area (Å²) in [5.41, 5.74) is 2.40. The zero-order chi connectivity index (χ0) is 15.4. The van der Waals surface area contributed by atoms with Crippen LogP contribution in [0.5, 0.6) is 0 Å². The third-order valence-electron chi connectivity index (χ3n) is 2.87. The van der Waals surface area contributed by atoms with Crippen LogP contribution < -0.4 is 0 Å². The third-order valence-corrected chi connectivity index (χ3v) is 3.72. The van der Waals surface area contributed by atoms with Crippen molar-refractivity contribution in [2.45, 2.75) is 19.8 Å². The second-order valence-corrected chi connectivity index (χ2v) is 5.56. The Morgan fingerprint density at radius 3 is 2.48 bits per heavy atom. The van der Waals surface area contributed by atoms with Crippen molar-refractivity contribution >= 4 is 28.9 Å². The number of Topliss-reactive ketones (excluding diaryl/α,β-unsaturated/α-hetero) is 2. The summed E-state index contributed by atoms with van der Waals surface area (Å²) < 4.78 is 0. The quantitative estimate of drug-likeness (QED) is 0.503. The molecule has 5 nitrogen and oxygen atoms in total. The first kappa shape index (κ1) is 15.1. The van der Waals surface area contributed by atoms with Gasteiger partial charge < -0.3 is 5.11 Å². The Balaban J connectivity index is 2.04. The molecular formula is C15H13NO4S. The standard InChI is InChI=1S/C15H13NO4S/c1-9-2-4-10(5-3-9)6-14-16-11(8-21-14)12(17)7-13(18)15(19)20/h2-5,8H,6-7H2,1H3,(H,19,20). The number of carbonyl (C=O) groups is 3. The Morgan fingerprint density at radius 2 is 1.86 bits per heavy atom. The lowest BCUT2D eigenvalue weighted by atomic mass is 10.1. The predicted octanol–water partition coefficient (Wildman–Crippen LogP) is 2.27. The first-order chi connectivity index (χ1) is 9.95. The number of hydrogen-bond acceptors (Lipinski definition) is 5. The molecule has 2 rings (SSSR count). The monoisotopic (exact) mass is 303 g/mol. The third kappa shape index (κ3) is 4.06. The van der Waals surface area contributed by atoms with E-state index in [1.54, 1.807) is 5.38 Å². The van der Waals surface area contributed by atoms with Crippen LogP contribution in [0.25, 0.3) is 0 Å². The van der Waals surface area contributed by atoms with Crippen molar-refractivity contribution in [1.29, 1.82) is 0 Å². The lowest BCUT2D eigenvalue weighted by Crippen LogP contribution is -2.17. The number of rotatable bonds is 6. The summed E-state index contributed by atoms with van der Waals surface area (Å²) in [6.07, 6.45) is -0.0475. The van der Waals surface area contributed by atoms with Gasteiger partial charge in [-0.3, -0.25) is 9.59 Å². The van der Waals surface area contributed by atoms with Crippen molar-refractivity contribution in [2.24, 2.45) is 0 Å². The maximum atomic E-state index is 11.7. The minimum Gasteiger partial charge on any atom is -0.475 e. The molecule has 2 aromatic rings. The van der Waals surface area contributed by atoms with Crippen LogP contribution in [0.1, 0.15) is 33.0 Å². The Morgan fingerprint density at radius 1 is 1.19 bits per heavy atom. The molecule has 0 saturated heterocycles. The van der Waals surface area contributed by atoms with Crippen molar-refractivity contribution in [1.82, 2.24) is 4.98 Å². The van der Waals surface area contributed by atoms with Gasteiger partial charge in [-0.05, 0) is 12.5 Å². The first-order valence-corrected chi connectivity index (χ1v) is 7.13. The number of thiazole rings is 1. The maximum absolute atomic E-state index is 11.7. The number of carboxylic acids is 1. The van der Waals surface area contributed by atoms with Gasteiger partial charge in [-0.25, -0.2) is 9.78 Å². The second-order valence-electron chi connectivity index (χ2n) is 4.62. The van der Waals surface area contributed by atoms with E-state index in [0.717, 1.165) is 10.6 Å². The van der Waals surface area contributed by atoms with E-state index >= 15 is 0 Å². The highest BCUT2D eigenvalue weighted by Crippen LogP contribution is 2.16. The summed E-state index contributed by atoms with van der Waals surface area (Å²) in [7, 11) is 0. The number of nitrogens with zero attached hydrogens (tertiary/aromatic N) is 1. The normalized spacial score (nSPS) is 10.3. The fourth-order valence-electron chi connectivity index (χ4n) is 1.71. The molecule has 0 fully saturated rings. The van der Waals surface area contributed by atoms with Crippen LogP contribution in [-0.4, -0.2) is 27.6 Å². The SMILES string of the molecule is Cc1ccc(Cc2nc(C(=O)CC(=O)C(=O)O)cs2)cc1. The maximum Gasteiger partial charge on any atom is 0.372 e. The fraction of sp³-hybridized carbons (Fsp3) is 0.200. The molecular weight excluding hydrogens is 290 g/mol. The molecule has 1 heterocycles. The van der Waals surface area contributed by atoms with Crippen molar-refractivity contribution in [3.8, 4) is 0 Å². The van der Waals surface area contributed by atoms with Gasteiger partial charge in [0.2, 0.25) is 5.78 Å². The summed E-state index contributed by atoms with van der Waals surface area (Å²) in [6, 6.07) is 7.99. The Hall–Kier alpha value is -2.34. The molecule has 0 bridgehead atoms. The van der Waals surface area contributed by atoms with E-state index in [1.165, 1.54) is 16.9 Å². The molecule has 0 aliphatic carbocycles. The number of aromatic nitrogens is 1. The fourth-order valence-corrected chi connectivity index (χ4v) is 2.55. The van der Waals surface area contributed by atoms with E-state index in [1.807, 2.05) is 31.2 Å². The Labute approximate surface area is 125 Å². The molecule has 108 valence electrons. The van der Waals surface area contributed by atoms with Gasteiger partial charge in [-0.2, -0.15) is 0 Å². The van der Waals surface area contributed by atoms with Crippen LogP contribution in [0.4, 0.5) is 0 Å². The lowest BCUT2D eigenvalue weighted by molar-refractivity contribution is -0.148. The number of aryl methyl sites for hydroxylation is 1. The van der Waals surface area contributed by atoms with Gasteiger partial charge in [0, 0.05) is 11.8 Å². The minimum atomic E-state index is -1.60. The smallest absolute Gasteiger partial charge is 0.372 e. The van der Waals surface area contributed by atoms with Gasteiger partial charge in [-0.15, -0.1) is 11.3 Å². The molecule has 1 aromatic carbocycles. The highest BCUT2D eigenvalue weighted by molar-refractivity contribution is 7.09. The molecule has 1 N–H and O–H groups in total. The molecule has 21 heavy (non-hydrogen) atoms. The second kappa shape index (κ2) is 6.41. The van der Waals surface area contributed by atoms with E-state index in [-0.39, 0.29) is 5.69 Å². The Kier molecular flexibility index (Phi) is 4.59. The minimum absolute atomic E-state index is 0.150. The largest absolute Gasteiger partial charge is 0.475 e. The van der Waals surface area contributed by atoms with Crippen molar-refractivity contribution < 1.29 is 19.5 Å². The number of carbonyl (C=O) groups excluding carboxylic acids is 2. The summed E-state index contributed by atoms with van der Waals surface area (Å²) in [5.74, 6) is -3.28. The highest BCUT2D eigenvalue weighted by Gasteiger charge is 2.19. The topological polar surface area (TPSA) is 84.3 Å². The summed E-state index contributed by atoms with van der Waals surface area (Å²) in [6.45, 7) is 2.00. The van der Waals surface area contributed by atoms with Gasteiger partial charge in [0.1, 0.15) is 5.69 Å². The predicted molar refractivity (Wildman–Crippen MR) is 77.7 cm³/mol. The number of aliphatic carboxylic acids is 1. The van der Waals surface area contributed by atoms with E-state index in [4.69, 9.17) is 5.11 Å². The van der Waals surface area contributed by atoms with Gasteiger partial charge in [0.25, 0.3) is 0 Å². The first-order valence-electron chi connectivity index (χ1n) is 6.25. The van der Waals surface area contributed by atoms with Crippen molar-refractivity contribution in [2.75, 3.05) is 0 Å². The zero-order valence-corrected chi connectivity index (χ0v) is 12.1. The molecule has 0 amide bonds. The number of carboxylic acid groups (broad SMARTS) is 1. The summed E-state index contributed by atoms with van der Waals surface area (Å²) in [5, 5.41) is 10.8. The van der Waals surface area contributed by atoms with E-state index < -0.39 is 24.0 Å². The van der Waals surface area contributed by atoms with Crippen molar-refractivity contribution in [3.63, 3.8) is 0 Å². The number of benzene rings is 1. The zero-order valence-electron chi connectivity index (χ0n) is 11.3. The summed E-state index contributed by atoms with van der Waals surface area (Å²) in [4.78, 5) is 37.3. The van der Waals surface area contributed by atoms with E-state index in [0.29, 0.717) is 6.42 Å². The van der Waals surface area contributed by atoms with Crippen LogP contribution in [-0.2, 0) is 16.0 Å². The Bertz CT molecular complexity index is 688. The van der Waals surface area contributed by atoms with Crippen LogP contribution in [0.3, 0.4) is 0 Å². The van der Waals surface area contributed by atoms with Crippen molar-refractivity contribution in [3.05, 3.63) is 51.5 Å². The molecule has 0 aliphatic heterocycles.